The van der Waals surface area contributed by atoms with E-state index in [1.807, 2.05) is 24.3 Å². The maximum Gasteiger partial charge on any atom is 0.248 e. The van der Waals surface area contributed by atoms with Crippen LogP contribution in [-0.4, -0.2) is 32.2 Å². The molecule has 7 nitrogen and oxygen atoms in total. The fourth-order valence-corrected chi connectivity index (χ4v) is 2.45. The van der Waals surface area contributed by atoms with Crippen LogP contribution in [-0.2, 0) is 4.79 Å². The number of hydrogen-bond acceptors (Lipinski definition) is 6. The van der Waals surface area contributed by atoms with Gasteiger partial charge in [-0.25, -0.2) is 4.98 Å². The Morgan fingerprint density at radius 3 is 2.38 bits per heavy atom. The maximum atomic E-state index is 12.2. The second-order valence-electron chi connectivity index (χ2n) is 5.26. The van der Waals surface area contributed by atoms with Gasteiger partial charge in [-0.15, -0.1) is 0 Å². The van der Waals surface area contributed by atoms with E-state index >= 15 is 0 Å². The SMILES string of the molecule is COc1cc(NC(=O)/C=C/c2nc3ccccc3o2)cc(OC)c1OC. The second kappa shape index (κ2) is 7.60. The summed E-state index contributed by atoms with van der Waals surface area (Å²) in [6, 6.07) is 10.7. The van der Waals surface area contributed by atoms with Gasteiger partial charge in [-0.3, -0.25) is 4.79 Å². The van der Waals surface area contributed by atoms with Gasteiger partial charge in [0.25, 0.3) is 0 Å². The van der Waals surface area contributed by atoms with E-state index in [1.165, 1.54) is 33.5 Å². The Kier molecular flexibility index (Phi) is 5.07. The molecule has 0 aliphatic rings. The molecule has 26 heavy (non-hydrogen) atoms. The molecule has 7 heteroatoms. The van der Waals surface area contributed by atoms with E-state index in [-0.39, 0.29) is 5.91 Å². The van der Waals surface area contributed by atoms with E-state index in [4.69, 9.17) is 18.6 Å². The van der Waals surface area contributed by atoms with Gasteiger partial charge in [0.1, 0.15) is 5.52 Å². The molecule has 134 valence electrons. The van der Waals surface area contributed by atoms with Gasteiger partial charge in [0, 0.05) is 30.0 Å². The molecule has 0 spiro atoms. The quantitative estimate of drug-likeness (QED) is 0.682. The van der Waals surface area contributed by atoms with Gasteiger partial charge in [-0.1, -0.05) is 12.1 Å². The first-order valence-corrected chi connectivity index (χ1v) is 7.79. The summed E-state index contributed by atoms with van der Waals surface area (Å²) in [5, 5.41) is 2.74. The van der Waals surface area contributed by atoms with Crippen molar-refractivity contribution in [1.82, 2.24) is 4.98 Å². The van der Waals surface area contributed by atoms with Crippen molar-refractivity contribution in [2.45, 2.75) is 0 Å². The van der Waals surface area contributed by atoms with Crippen molar-refractivity contribution < 1.29 is 23.4 Å². The van der Waals surface area contributed by atoms with Crippen LogP contribution in [0, 0.1) is 0 Å². The predicted molar refractivity (Wildman–Crippen MR) is 97.8 cm³/mol. The highest BCUT2D eigenvalue weighted by Crippen LogP contribution is 2.39. The van der Waals surface area contributed by atoms with Crippen molar-refractivity contribution in [3.8, 4) is 17.2 Å². The molecule has 0 radical (unpaired) electrons. The van der Waals surface area contributed by atoms with Crippen LogP contribution < -0.4 is 19.5 Å². The molecule has 0 saturated heterocycles. The van der Waals surface area contributed by atoms with E-state index in [1.54, 1.807) is 12.1 Å². The van der Waals surface area contributed by atoms with Gasteiger partial charge in [-0.05, 0) is 12.1 Å². The van der Waals surface area contributed by atoms with Crippen LogP contribution in [0.5, 0.6) is 17.2 Å². The van der Waals surface area contributed by atoms with E-state index in [0.29, 0.717) is 34.4 Å². The Morgan fingerprint density at radius 2 is 1.77 bits per heavy atom. The zero-order chi connectivity index (χ0) is 18.5. The van der Waals surface area contributed by atoms with Gasteiger partial charge < -0.3 is 23.9 Å². The molecule has 1 N–H and O–H groups in total. The zero-order valence-electron chi connectivity index (χ0n) is 14.6. The van der Waals surface area contributed by atoms with Crippen molar-refractivity contribution in [1.29, 1.82) is 0 Å². The number of oxazole rings is 1. The molecule has 3 aromatic rings. The second-order valence-corrected chi connectivity index (χ2v) is 5.26. The predicted octanol–water partition coefficient (Wildman–Crippen LogP) is 3.51. The first-order valence-electron chi connectivity index (χ1n) is 7.79. The average Bonchev–Trinajstić information content (AvgIpc) is 3.08. The van der Waals surface area contributed by atoms with Crippen LogP contribution in [0.2, 0.25) is 0 Å². The molecule has 1 aromatic heterocycles. The number of aromatic nitrogens is 1. The Hall–Kier alpha value is -3.48. The molecule has 0 fully saturated rings. The molecule has 2 aromatic carbocycles. The molecule has 3 rings (SSSR count). The largest absolute Gasteiger partial charge is 0.493 e. The normalized spacial score (nSPS) is 10.9. The van der Waals surface area contributed by atoms with Crippen LogP contribution in [0.15, 0.2) is 46.9 Å². The standard InChI is InChI=1S/C19H18N2O5/c1-23-15-10-12(11-16(24-2)19(15)25-3)20-17(22)8-9-18-21-13-6-4-5-7-14(13)26-18/h4-11H,1-3H3,(H,20,22)/b9-8+. The molecule has 0 unspecified atom stereocenters. The summed E-state index contributed by atoms with van der Waals surface area (Å²) in [6.45, 7) is 0. The number of methoxy groups -OCH3 is 3. The van der Waals surface area contributed by atoms with Crippen LogP contribution in [0.25, 0.3) is 17.2 Å². The Labute approximate surface area is 150 Å². The number of carbonyl (C=O) groups is 1. The van der Waals surface area contributed by atoms with Crippen LogP contribution in [0.3, 0.4) is 0 Å². The molecular formula is C19H18N2O5. The van der Waals surface area contributed by atoms with Crippen molar-refractivity contribution in [2.24, 2.45) is 0 Å². The van der Waals surface area contributed by atoms with Crippen LogP contribution >= 0.6 is 0 Å². The number of para-hydroxylation sites is 2. The lowest BCUT2D eigenvalue weighted by molar-refractivity contribution is -0.111. The third-order valence-corrected chi connectivity index (χ3v) is 3.62. The maximum absolute atomic E-state index is 12.2. The number of nitrogens with zero attached hydrogens (tertiary/aromatic N) is 1. The van der Waals surface area contributed by atoms with Gasteiger partial charge >= 0.3 is 0 Å². The topological polar surface area (TPSA) is 82.8 Å². The zero-order valence-corrected chi connectivity index (χ0v) is 14.6. The molecular weight excluding hydrogens is 336 g/mol. The highest BCUT2D eigenvalue weighted by Gasteiger charge is 2.14. The first-order chi connectivity index (χ1) is 12.6. The number of nitrogens with one attached hydrogen (secondary N) is 1. The van der Waals surface area contributed by atoms with Crippen molar-refractivity contribution in [2.75, 3.05) is 26.6 Å². The Balaban J connectivity index is 1.77. The summed E-state index contributed by atoms with van der Waals surface area (Å²) in [7, 11) is 4.54. The third-order valence-electron chi connectivity index (χ3n) is 3.62. The lowest BCUT2D eigenvalue weighted by Crippen LogP contribution is -2.08. The number of carbonyl (C=O) groups excluding carboxylic acids is 1. The van der Waals surface area contributed by atoms with Gasteiger partial charge in [0.15, 0.2) is 17.1 Å². The van der Waals surface area contributed by atoms with Gasteiger partial charge in [-0.2, -0.15) is 0 Å². The monoisotopic (exact) mass is 354 g/mol. The van der Waals surface area contributed by atoms with E-state index < -0.39 is 0 Å². The summed E-state index contributed by atoms with van der Waals surface area (Å²) < 4.78 is 21.3. The van der Waals surface area contributed by atoms with E-state index in [2.05, 4.69) is 10.3 Å². The number of anilines is 1. The van der Waals surface area contributed by atoms with Crippen molar-refractivity contribution in [3.63, 3.8) is 0 Å². The van der Waals surface area contributed by atoms with Crippen LogP contribution in [0.4, 0.5) is 5.69 Å². The van der Waals surface area contributed by atoms with E-state index in [9.17, 15) is 4.79 Å². The number of fused-ring (bicyclic) bond motifs is 1. The van der Waals surface area contributed by atoms with Gasteiger partial charge in [0.2, 0.25) is 17.5 Å². The summed E-state index contributed by atoms with van der Waals surface area (Å²) in [6.07, 6.45) is 2.85. The lowest BCUT2D eigenvalue weighted by Gasteiger charge is -2.14. The fourth-order valence-electron chi connectivity index (χ4n) is 2.45. The summed E-state index contributed by atoms with van der Waals surface area (Å²) >= 11 is 0. The fraction of sp³-hybridized carbons (Fsp3) is 0.158. The summed E-state index contributed by atoms with van der Waals surface area (Å²) in [4.78, 5) is 16.5. The smallest absolute Gasteiger partial charge is 0.248 e. The highest BCUT2D eigenvalue weighted by atomic mass is 16.5. The number of rotatable bonds is 6. The summed E-state index contributed by atoms with van der Waals surface area (Å²) in [5.41, 5.74) is 1.90. The molecule has 0 bridgehead atoms. The minimum atomic E-state index is -0.346. The number of benzene rings is 2. The van der Waals surface area contributed by atoms with Crippen molar-refractivity contribution in [3.05, 3.63) is 48.4 Å². The highest BCUT2D eigenvalue weighted by molar-refractivity contribution is 6.02. The third kappa shape index (κ3) is 3.61. The molecule has 0 atom stereocenters. The molecule has 1 amide bonds. The minimum Gasteiger partial charge on any atom is -0.493 e. The van der Waals surface area contributed by atoms with Crippen LogP contribution in [0.1, 0.15) is 5.89 Å². The molecule has 0 aliphatic heterocycles. The van der Waals surface area contributed by atoms with E-state index in [0.717, 1.165) is 5.52 Å². The first kappa shape index (κ1) is 17.3. The minimum absolute atomic E-state index is 0.346. The Bertz CT molecular complexity index is 903. The average molecular weight is 354 g/mol. The Morgan fingerprint density at radius 1 is 1.08 bits per heavy atom. The van der Waals surface area contributed by atoms with Gasteiger partial charge in [0.05, 0.1) is 21.3 Å². The molecule has 0 saturated carbocycles. The number of ether oxygens (including phenoxy) is 3. The number of amides is 1. The molecule has 0 aliphatic carbocycles. The lowest BCUT2D eigenvalue weighted by atomic mass is 10.2. The molecule has 1 heterocycles. The number of hydrogen-bond donors (Lipinski definition) is 1. The van der Waals surface area contributed by atoms with Crippen molar-refractivity contribution >= 4 is 28.8 Å². The summed E-state index contributed by atoms with van der Waals surface area (Å²) in [5.74, 6) is 1.36.